The quantitative estimate of drug-likeness (QED) is 0.636. The third-order valence-electron chi connectivity index (χ3n) is 4.60. The summed E-state index contributed by atoms with van der Waals surface area (Å²) in [5, 5.41) is -1.16. The molecule has 0 bridgehead atoms. The monoisotopic (exact) mass is 415 g/mol. The van der Waals surface area contributed by atoms with E-state index in [1.54, 1.807) is 54.9 Å². The third kappa shape index (κ3) is 3.29. The molecule has 28 heavy (non-hydrogen) atoms. The van der Waals surface area contributed by atoms with Crippen molar-refractivity contribution >= 4 is 19.7 Å². The number of sulfone groups is 2. The average Bonchev–Trinajstić information content (AvgIpc) is 3.00. The van der Waals surface area contributed by atoms with E-state index >= 15 is 0 Å². The van der Waals surface area contributed by atoms with Crippen molar-refractivity contribution in [3.63, 3.8) is 0 Å². The highest BCUT2D eigenvalue weighted by Gasteiger charge is 2.44. The van der Waals surface area contributed by atoms with Crippen molar-refractivity contribution in [3.8, 4) is 5.75 Å². The highest BCUT2D eigenvalue weighted by atomic mass is 32.2. The number of hydrogen-bond acceptors (Lipinski definition) is 6. The van der Waals surface area contributed by atoms with E-state index in [4.69, 9.17) is 4.74 Å². The van der Waals surface area contributed by atoms with Crippen LogP contribution in [0.2, 0.25) is 0 Å². The second-order valence-corrected chi connectivity index (χ2v) is 10.6. The van der Waals surface area contributed by atoms with Crippen LogP contribution in [0, 0.1) is 0 Å². The molecule has 1 aliphatic heterocycles. The fourth-order valence-corrected chi connectivity index (χ4v) is 7.75. The van der Waals surface area contributed by atoms with E-state index in [0.717, 1.165) is 5.56 Å². The number of pyridine rings is 1. The second kappa shape index (κ2) is 7.03. The molecule has 1 aliphatic rings. The lowest BCUT2D eigenvalue weighted by Gasteiger charge is -2.13. The standard InChI is InChI=1S/C20H17NO5S2/c22-27(23)14-19(28(24,25)16-7-2-1-3-8-16)17-9-4-10-18(20(17)27)26-13-15-6-5-11-21-12-15/h1-12,19H,13-14H2. The largest absolute Gasteiger partial charge is 0.487 e. The molecule has 0 aliphatic carbocycles. The fourth-order valence-electron chi connectivity index (χ4n) is 3.28. The minimum absolute atomic E-state index is 0.0385. The molecule has 0 spiro atoms. The molecule has 0 N–H and O–H groups in total. The van der Waals surface area contributed by atoms with Gasteiger partial charge in [0.2, 0.25) is 0 Å². The van der Waals surface area contributed by atoms with Gasteiger partial charge in [0.25, 0.3) is 0 Å². The number of benzene rings is 2. The summed E-state index contributed by atoms with van der Waals surface area (Å²) in [4.78, 5) is 4.06. The minimum Gasteiger partial charge on any atom is -0.487 e. The molecule has 0 radical (unpaired) electrons. The highest BCUT2D eigenvalue weighted by molar-refractivity contribution is 7.96. The molecule has 1 aromatic heterocycles. The highest BCUT2D eigenvalue weighted by Crippen LogP contribution is 2.45. The SMILES string of the molecule is O=S1(=O)CC(S(=O)(=O)c2ccccc2)c2cccc(OCc3cccnc3)c21. The molecule has 0 amide bonds. The first-order valence-electron chi connectivity index (χ1n) is 8.56. The lowest BCUT2D eigenvalue weighted by molar-refractivity contribution is 0.297. The topological polar surface area (TPSA) is 90.4 Å². The summed E-state index contributed by atoms with van der Waals surface area (Å²) in [6.07, 6.45) is 3.26. The van der Waals surface area contributed by atoms with E-state index in [0.29, 0.717) is 0 Å². The van der Waals surface area contributed by atoms with Crippen LogP contribution < -0.4 is 4.74 Å². The van der Waals surface area contributed by atoms with E-state index in [2.05, 4.69) is 4.98 Å². The zero-order valence-corrected chi connectivity index (χ0v) is 16.4. The van der Waals surface area contributed by atoms with E-state index < -0.39 is 30.7 Å². The van der Waals surface area contributed by atoms with Crippen molar-refractivity contribution in [2.75, 3.05) is 5.75 Å². The van der Waals surface area contributed by atoms with Crippen molar-refractivity contribution < 1.29 is 21.6 Å². The summed E-state index contributed by atoms with van der Waals surface area (Å²) >= 11 is 0. The van der Waals surface area contributed by atoms with Gasteiger partial charge in [-0.05, 0) is 29.8 Å². The van der Waals surface area contributed by atoms with Crippen LogP contribution >= 0.6 is 0 Å². The van der Waals surface area contributed by atoms with Crippen LogP contribution in [0.5, 0.6) is 5.75 Å². The Bertz CT molecular complexity index is 1210. The Kier molecular flexibility index (Phi) is 4.68. The predicted molar refractivity (Wildman–Crippen MR) is 103 cm³/mol. The summed E-state index contributed by atoms with van der Waals surface area (Å²) < 4.78 is 57.5. The van der Waals surface area contributed by atoms with Crippen molar-refractivity contribution in [2.24, 2.45) is 0 Å². The molecule has 0 saturated heterocycles. The molecular weight excluding hydrogens is 398 g/mol. The molecule has 144 valence electrons. The molecule has 2 heterocycles. The van der Waals surface area contributed by atoms with Gasteiger partial charge in [-0.1, -0.05) is 36.4 Å². The third-order valence-corrected chi connectivity index (χ3v) is 8.74. The maximum atomic E-state index is 13.1. The Morgan fingerprint density at radius 3 is 2.50 bits per heavy atom. The molecule has 3 aromatic rings. The molecular formula is C20H17NO5S2. The van der Waals surface area contributed by atoms with Crippen LogP contribution in [-0.4, -0.2) is 27.6 Å². The molecule has 4 rings (SSSR count). The summed E-state index contributed by atoms with van der Waals surface area (Å²) in [5.41, 5.74) is 1.04. The zero-order chi connectivity index (χ0) is 19.8. The number of hydrogen-bond donors (Lipinski definition) is 0. The Morgan fingerprint density at radius 1 is 1.00 bits per heavy atom. The Hall–Kier alpha value is -2.71. The molecule has 1 atom stereocenters. The number of ether oxygens (including phenoxy) is 1. The number of rotatable bonds is 5. The molecule has 2 aromatic carbocycles. The predicted octanol–water partition coefficient (Wildman–Crippen LogP) is 2.96. The number of aromatic nitrogens is 1. The lowest BCUT2D eigenvalue weighted by Crippen LogP contribution is -2.15. The van der Waals surface area contributed by atoms with Gasteiger partial charge in [-0.15, -0.1) is 0 Å². The first-order chi connectivity index (χ1) is 13.4. The van der Waals surface area contributed by atoms with Crippen LogP contribution in [-0.2, 0) is 26.3 Å². The van der Waals surface area contributed by atoms with Gasteiger partial charge in [0.15, 0.2) is 19.7 Å². The normalized spacial score (nSPS) is 17.8. The van der Waals surface area contributed by atoms with Crippen molar-refractivity contribution in [1.82, 2.24) is 4.98 Å². The smallest absolute Gasteiger partial charge is 0.186 e. The van der Waals surface area contributed by atoms with E-state index in [1.807, 2.05) is 6.07 Å². The summed E-state index contributed by atoms with van der Waals surface area (Å²) in [6.45, 7) is 0.135. The fraction of sp³-hybridized carbons (Fsp3) is 0.150. The van der Waals surface area contributed by atoms with Crippen molar-refractivity contribution in [3.05, 3.63) is 84.2 Å². The molecule has 1 unspecified atom stereocenters. The summed E-state index contributed by atoms with van der Waals surface area (Å²) in [5.74, 6) is -0.334. The van der Waals surface area contributed by atoms with Gasteiger partial charge in [0, 0.05) is 18.0 Å². The molecule has 6 nitrogen and oxygen atoms in total. The van der Waals surface area contributed by atoms with Gasteiger partial charge >= 0.3 is 0 Å². The molecule has 8 heteroatoms. The first-order valence-corrected chi connectivity index (χ1v) is 11.8. The molecule has 0 saturated carbocycles. The Labute approximate surface area is 163 Å². The van der Waals surface area contributed by atoms with Gasteiger partial charge in [-0.25, -0.2) is 16.8 Å². The van der Waals surface area contributed by atoms with Gasteiger partial charge in [0.05, 0.1) is 10.6 Å². The van der Waals surface area contributed by atoms with Gasteiger partial charge in [-0.2, -0.15) is 0 Å². The van der Waals surface area contributed by atoms with Gasteiger partial charge in [-0.3, -0.25) is 4.98 Å². The van der Waals surface area contributed by atoms with Gasteiger partial charge in [0.1, 0.15) is 22.5 Å². The van der Waals surface area contributed by atoms with Crippen molar-refractivity contribution in [1.29, 1.82) is 0 Å². The van der Waals surface area contributed by atoms with Crippen LogP contribution in [0.1, 0.15) is 16.4 Å². The lowest BCUT2D eigenvalue weighted by atomic mass is 10.1. The second-order valence-electron chi connectivity index (χ2n) is 6.45. The molecule has 0 fully saturated rings. The van der Waals surface area contributed by atoms with Gasteiger partial charge < -0.3 is 4.74 Å². The Balaban J connectivity index is 1.74. The Morgan fingerprint density at radius 2 is 1.79 bits per heavy atom. The summed E-state index contributed by atoms with van der Waals surface area (Å²) in [6, 6.07) is 16.2. The zero-order valence-electron chi connectivity index (χ0n) is 14.7. The maximum absolute atomic E-state index is 13.1. The first kappa shape index (κ1) is 18.6. The van der Waals surface area contributed by atoms with Crippen LogP contribution in [0.4, 0.5) is 0 Å². The van der Waals surface area contributed by atoms with Crippen molar-refractivity contribution in [2.45, 2.75) is 21.6 Å². The summed E-state index contributed by atoms with van der Waals surface area (Å²) in [7, 11) is -7.65. The van der Waals surface area contributed by atoms with Crippen LogP contribution in [0.25, 0.3) is 0 Å². The number of fused-ring (bicyclic) bond motifs is 1. The van der Waals surface area contributed by atoms with E-state index in [9.17, 15) is 16.8 Å². The van der Waals surface area contributed by atoms with E-state index in [-0.39, 0.29) is 27.7 Å². The maximum Gasteiger partial charge on any atom is 0.186 e. The van der Waals surface area contributed by atoms with E-state index in [1.165, 1.54) is 12.1 Å². The average molecular weight is 415 g/mol. The minimum atomic E-state index is -3.85. The van der Waals surface area contributed by atoms with Crippen LogP contribution in [0.3, 0.4) is 0 Å². The van der Waals surface area contributed by atoms with Crippen LogP contribution in [0.15, 0.2) is 82.8 Å². The number of nitrogens with zero attached hydrogens (tertiary/aromatic N) is 1.